The van der Waals surface area contributed by atoms with Crippen LogP contribution in [0.2, 0.25) is 0 Å². The van der Waals surface area contributed by atoms with Gasteiger partial charge in [0.15, 0.2) is 12.4 Å². The smallest absolute Gasteiger partial charge is 0.305 e. The van der Waals surface area contributed by atoms with Crippen molar-refractivity contribution in [3.05, 3.63) is 0 Å². The minimum absolute atomic E-state index is 0.00443. The molecule has 0 radical (unpaired) electrons. The van der Waals surface area contributed by atoms with Gasteiger partial charge in [-0.15, -0.1) is 0 Å². The maximum absolute atomic E-state index is 12.8. The highest BCUT2D eigenvalue weighted by Gasteiger charge is 2.89. The standard InChI is InChI=1S/C37H58O12/c1-17-14-36(47-18(2)38,29-31(5,6)48-29)49-37(44)26(17)32(7)11-12-34-16-35(34)20(9-10-21(34)33(32,8)28(37)43)30(3,4)23(13-22(35)40)46-27-25(42)24(41)19(39)15-45-27/h17,19-29,39-44H,9-16H2,1-8H3/t17-,19-,20+,21+,22?,23+,24+,25-,26-,27+,28-,29+,32-,33-,34+,35-,36+,37-/m1/s1. The fourth-order valence-electron chi connectivity index (χ4n) is 14.2. The molecule has 3 saturated heterocycles. The average molecular weight is 695 g/mol. The second-order valence-electron chi connectivity index (χ2n) is 19.1. The third-order valence-electron chi connectivity index (χ3n) is 16.3. The van der Waals surface area contributed by atoms with E-state index in [9.17, 15) is 35.4 Å². The highest BCUT2D eigenvalue weighted by Crippen LogP contribution is 2.90. The fourth-order valence-corrected chi connectivity index (χ4v) is 14.2. The van der Waals surface area contributed by atoms with Gasteiger partial charge in [-0.05, 0) is 80.0 Å². The number of aliphatic hydroxyl groups is 6. The van der Waals surface area contributed by atoms with Crippen LogP contribution in [0.4, 0.5) is 0 Å². The van der Waals surface area contributed by atoms with Gasteiger partial charge < -0.3 is 54.3 Å². The second kappa shape index (κ2) is 10.2. The Bertz CT molecular complexity index is 1400. The van der Waals surface area contributed by atoms with E-state index in [1.54, 1.807) is 0 Å². The molecule has 8 rings (SSSR count). The van der Waals surface area contributed by atoms with Gasteiger partial charge in [-0.2, -0.15) is 0 Å². The van der Waals surface area contributed by atoms with E-state index in [0.29, 0.717) is 12.8 Å². The van der Waals surface area contributed by atoms with E-state index in [4.69, 9.17) is 23.7 Å². The van der Waals surface area contributed by atoms with E-state index in [1.807, 2.05) is 13.8 Å². The van der Waals surface area contributed by atoms with Gasteiger partial charge in [-0.1, -0.05) is 34.6 Å². The summed E-state index contributed by atoms with van der Waals surface area (Å²) in [6, 6.07) is 0. The molecule has 12 heteroatoms. The first-order chi connectivity index (χ1) is 22.6. The number of ether oxygens (including phenoxy) is 5. The van der Waals surface area contributed by atoms with E-state index < -0.39 is 99.7 Å². The number of carbonyl (C=O) groups excluding carboxylic acids is 1. The topological polar surface area (TPSA) is 188 Å². The van der Waals surface area contributed by atoms with Crippen LogP contribution in [0.5, 0.6) is 0 Å². The molecule has 0 amide bonds. The van der Waals surface area contributed by atoms with Crippen molar-refractivity contribution in [3.63, 3.8) is 0 Å². The lowest BCUT2D eigenvalue weighted by atomic mass is 9.41. The molecule has 3 heterocycles. The van der Waals surface area contributed by atoms with Crippen LogP contribution < -0.4 is 0 Å². The largest absolute Gasteiger partial charge is 0.430 e. The molecule has 0 aromatic carbocycles. The highest BCUT2D eigenvalue weighted by molar-refractivity contribution is 5.66. The van der Waals surface area contributed by atoms with Crippen LogP contribution in [0.3, 0.4) is 0 Å². The third kappa shape index (κ3) is 4.08. The third-order valence-corrected chi connectivity index (χ3v) is 16.3. The molecule has 12 nitrogen and oxygen atoms in total. The Balaban J connectivity index is 1.11. The van der Waals surface area contributed by atoms with Gasteiger partial charge in [0.05, 0.1) is 24.4 Å². The Labute approximate surface area is 288 Å². The normalized spacial score (nSPS) is 60.9. The van der Waals surface area contributed by atoms with E-state index in [1.165, 1.54) is 6.92 Å². The molecule has 1 unspecified atom stereocenters. The van der Waals surface area contributed by atoms with Crippen molar-refractivity contribution in [2.75, 3.05) is 6.61 Å². The molecule has 6 N–H and O–H groups in total. The van der Waals surface area contributed by atoms with Crippen LogP contribution in [0.1, 0.15) is 100 Å². The van der Waals surface area contributed by atoms with Crippen LogP contribution in [0, 0.1) is 50.7 Å². The number of fused-ring (bicyclic) bond motifs is 4. The lowest BCUT2D eigenvalue weighted by molar-refractivity contribution is -0.406. The minimum atomic E-state index is -1.98. The van der Waals surface area contributed by atoms with Crippen molar-refractivity contribution < 1.29 is 59.1 Å². The maximum atomic E-state index is 12.8. The van der Waals surface area contributed by atoms with Crippen LogP contribution in [-0.2, 0) is 28.5 Å². The second-order valence-corrected chi connectivity index (χ2v) is 19.1. The Morgan fingerprint density at radius 1 is 0.918 bits per heavy atom. The first kappa shape index (κ1) is 35.1. The number of carbonyl (C=O) groups is 1. The average Bonchev–Trinajstić information content (AvgIpc) is 3.87. The van der Waals surface area contributed by atoms with Gasteiger partial charge in [0.25, 0.3) is 0 Å². The number of rotatable bonds is 4. The molecule has 49 heavy (non-hydrogen) atoms. The van der Waals surface area contributed by atoms with Crippen molar-refractivity contribution in [3.8, 4) is 0 Å². The molecule has 278 valence electrons. The van der Waals surface area contributed by atoms with E-state index in [2.05, 4.69) is 34.6 Å². The number of hydrogen-bond donors (Lipinski definition) is 6. The monoisotopic (exact) mass is 694 g/mol. The van der Waals surface area contributed by atoms with Crippen LogP contribution >= 0.6 is 0 Å². The zero-order chi connectivity index (χ0) is 35.7. The highest BCUT2D eigenvalue weighted by atomic mass is 16.8. The SMILES string of the molecule is CC(=O)O[C@@]1([C@H]2OC2(C)C)C[C@@H](C)[C@H]2[C@@](O)(O1)[C@H](O)[C@@]1(C)[C@@H]3CC[C@H]4C(C)(C)[C@@H](O[C@@H]5OC[C@@H](O)[C@H](O)[C@H]5O)CC(O)[C@@]45C[C@@]35CC[C@]21C. The van der Waals surface area contributed by atoms with Gasteiger partial charge in [0, 0.05) is 36.5 Å². The summed E-state index contributed by atoms with van der Waals surface area (Å²) in [7, 11) is 0. The predicted molar refractivity (Wildman–Crippen MR) is 171 cm³/mol. The maximum Gasteiger partial charge on any atom is 0.305 e. The fraction of sp³-hybridized carbons (Fsp3) is 0.973. The molecule has 8 fully saturated rings. The Kier molecular flexibility index (Phi) is 7.30. The van der Waals surface area contributed by atoms with Gasteiger partial charge in [-0.25, -0.2) is 0 Å². The Morgan fingerprint density at radius 3 is 2.20 bits per heavy atom. The quantitative estimate of drug-likeness (QED) is 0.143. The van der Waals surface area contributed by atoms with Crippen LogP contribution in [0.15, 0.2) is 0 Å². The summed E-state index contributed by atoms with van der Waals surface area (Å²) in [4.78, 5) is 12.5. The molecule has 0 bridgehead atoms. The molecular weight excluding hydrogens is 636 g/mol. The van der Waals surface area contributed by atoms with Gasteiger partial charge >= 0.3 is 5.97 Å². The molecular formula is C37H58O12. The van der Waals surface area contributed by atoms with E-state index >= 15 is 0 Å². The summed E-state index contributed by atoms with van der Waals surface area (Å²) in [5, 5.41) is 68.4. The van der Waals surface area contributed by atoms with E-state index in [0.717, 1.165) is 32.1 Å². The first-order valence-corrected chi connectivity index (χ1v) is 18.6. The van der Waals surface area contributed by atoms with Gasteiger partial charge in [-0.3, -0.25) is 4.79 Å². The lowest BCUT2D eigenvalue weighted by Crippen LogP contribution is -2.64. The molecule has 0 aromatic heterocycles. The van der Waals surface area contributed by atoms with Crippen LogP contribution in [-0.4, -0.2) is 109 Å². The van der Waals surface area contributed by atoms with Gasteiger partial charge in [0.2, 0.25) is 11.6 Å². The van der Waals surface area contributed by atoms with Crippen molar-refractivity contribution in [1.82, 2.24) is 0 Å². The van der Waals surface area contributed by atoms with Crippen molar-refractivity contribution in [2.45, 2.75) is 167 Å². The van der Waals surface area contributed by atoms with Crippen molar-refractivity contribution in [2.24, 2.45) is 50.7 Å². The minimum Gasteiger partial charge on any atom is -0.430 e. The first-order valence-electron chi connectivity index (χ1n) is 18.6. The number of epoxide rings is 1. The molecule has 2 spiro atoms. The lowest BCUT2D eigenvalue weighted by Gasteiger charge is -2.64. The van der Waals surface area contributed by atoms with Crippen molar-refractivity contribution >= 4 is 5.97 Å². The zero-order valence-electron chi connectivity index (χ0n) is 30.2. The molecule has 18 atom stereocenters. The number of aliphatic hydroxyl groups excluding tert-OH is 5. The van der Waals surface area contributed by atoms with Crippen LogP contribution in [0.25, 0.3) is 0 Å². The molecule has 8 aliphatic rings. The molecule has 5 aliphatic carbocycles. The molecule has 5 saturated carbocycles. The summed E-state index contributed by atoms with van der Waals surface area (Å²) >= 11 is 0. The molecule has 3 aliphatic heterocycles. The van der Waals surface area contributed by atoms with E-state index in [-0.39, 0.29) is 29.8 Å². The summed E-state index contributed by atoms with van der Waals surface area (Å²) in [6.45, 7) is 15.7. The summed E-state index contributed by atoms with van der Waals surface area (Å²) < 4.78 is 30.5. The Hall–Kier alpha value is -0.930. The van der Waals surface area contributed by atoms with Crippen molar-refractivity contribution in [1.29, 1.82) is 0 Å². The molecule has 0 aromatic rings. The summed E-state index contributed by atoms with van der Waals surface area (Å²) in [5.41, 5.74) is -2.96. The zero-order valence-corrected chi connectivity index (χ0v) is 30.2. The number of hydrogen-bond acceptors (Lipinski definition) is 12. The van der Waals surface area contributed by atoms with Gasteiger partial charge in [0.1, 0.15) is 24.4 Å². The number of esters is 1. The Morgan fingerprint density at radius 2 is 1.57 bits per heavy atom. The summed E-state index contributed by atoms with van der Waals surface area (Å²) in [5.74, 6) is -4.54. The predicted octanol–water partition coefficient (Wildman–Crippen LogP) is 1.98. The summed E-state index contributed by atoms with van der Waals surface area (Å²) in [6.07, 6.45) is -3.47.